The minimum Gasteiger partial charge on any atom is -0.368 e. The first-order valence-electron chi connectivity index (χ1n) is 11.7. The minimum atomic E-state index is -0.00164. The van der Waals surface area contributed by atoms with Gasteiger partial charge in [-0.15, -0.1) is 0 Å². The monoisotopic (exact) mass is 434 g/mol. The molecular formula is C26H34N4O2. The maximum Gasteiger partial charge on any atom is 0.238 e. The molecule has 1 aliphatic heterocycles. The lowest BCUT2D eigenvalue weighted by Crippen LogP contribution is -2.49. The van der Waals surface area contributed by atoms with Crippen molar-refractivity contribution >= 4 is 23.2 Å². The third-order valence-electron chi connectivity index (χ3n) is 6.52. The number of anilines is 2. The molecule has 2 fully saturated rings. The lowest BCUT2D eigenvalue weighted by molar-refractivity contribution is -0.132. The van der Waals surface area contributed by atoms with Gasteiger partial charge in [-0.2, -0.15) is 0 Å². The average molecular weight is 435 g/mol. The summed E-state index contributed by atoms with van der Waals surface area (Å²) in [5, 5.41) is 3.08. The number of aryl methyl sites for hydroxylation is 2. The number of nitrogens with zero attached hydrogens (tertiary/aromatic N) is 3. The summed E-state index contributed by atoms with van der Waals surface area (Å²) >= 11 is 0. The van der Waals surface area contributed by atoms with Gasteiger partial charge in [0.2, 0.25) is 11.8 Å². The molecule has 1 saturated carbocycles. The van der Waals surface area contributed by atoms with Gasteiger partial charge in [0, 0.05) is 56.6 Å². The highest BCUT2D eigenvalue weighted by atomic mass is 16.2. The molecule has 170 valence electrons. The first kappa shape index (κ1) is 22.3. The van der Waals surface area contributed by atoms with E-state index in [4.69, 9.17) is 0 Å². The molecule has 0 spiro atoms. The maximum atomic E-state index is 12.8. The number of carbonyl (C=O) groups is 2. The van der Waals surface area contributed by atoms with Crippen LogP contribution in [-0.2, 0) is 9.59 Å². The predicted octanol–water partition coefficient (Wildman–Crippen LogP) is 3.45. The van der Waals surface area contributed by atoms with Gasteiger partial charge in [-0.3, -0.25) is 14.5 Å². The second-order valence-corrected chi connectivity index (χ2v) is 8.97. The highest BCUT2D eigenvalue weighted by molar-refractivity contribution is 5.93. The second kappa shape index (κ2) is 10.2. The van der Waals surface area contributed by atoms with Crippen LogP contribution >= 0.6 is 0 Å². The van der Waals surface area contributed by atoms with Crippen LogP contribution in [0.25, 0.3) is 0 Å². The fraction of sp³-hybridized carbons (Fsp3) is 0.462. The fourth-order valence-electron chi connectivity index (χ4n) is 4.46. The Labute approximate surface area is 191 Å². The molecule has 4 rings (SSSR count). The van der Waals surface area contributed by atoms with E-state index in [1.54, 1.807) is 0 Å². The van der Waals surface area contributed by atoms with E-state index in [1.807, 2.05) is 43.0 Å². The zero-order chi connectivity index (χ0) is 22.5. The van der Waals surface area contributed by atoms with Crippen molar-refractivity contribution in [3.63, 3.8) is 0 Å². The smallest absolute Gasteiger partial charge is 0.238 e. The van der Waals surface area contributed by atoms with Gasteiger partial charge in [-0.25, -0.2) is 0 Å². The van der Waals surface area contributed by atoms with Gasteiger partial charge in [-0.1, -0.05) is 36.4 Å². The molecule has 1 aliphatic carbocycles. The van der Waals surface area contributed by atoms with Crippen LogP contribution in [0, 0.1) is 13.8 Å². The predicted molar refractivity (Wildman–Crippen MR) is 129 cm³/mol. The summed E-state index contributed by atoms with van der Waals surface area (Å²) in [5.74, 6) is 0.191. The number of rotatable bonds is 8. The van der Waals surface area contributed by atoms with Gasteiger partial charge in [-0.05, 0) is 49.9 Å². The number of piperazine rings is 1. The van der Waals surface area contributed by atoms with Gasteiger partial charge < -0.3 is 15.1 Å². The Bertz CT molecular complexity index is 914. The van der Waals surface area contributed by atoms with Gasteiger partial charge in [0.05, 0.1) is 6.54 Å². The van der Waals surface area contributed by atoms with E-state index in [2.05, 4.69) is 39.4 Å². The SMILES string of the molecule is Cc1cccc(C)c1NC(=O)CN(CCC(=O)N1CCN(c2ccccc2)CC1)C1CC1. The van der Waals surface area contributed by atoms with Crippen molar-refractivity contribution in [3.05, 3.63) is 59.7 Å². The van der Waals surface area contributed by atoms with Crippen molar-refractivity contribution in [2.75, 3.05) is 49.5 Å². The van der Waals surface area contributed by atoms with E-state index in [0.29, 0.717) is 25.6 Å². The summed E-state index contributed by atoms with van der Waals surface area (Å²) in [6.45, 7) is 8.24. The maximum absolute atomic E-state index is 12.8. The van der Waals surface area contributed by atoms with Crippen LogP contribution in [0.4, 0.5) is 11.4 Å². The molecule has 2 aromatic carbocycles. The van der Waals surface area contributed by atoms with Crippen LogP contribution in [0.3, 0.4) is 0 Å². The topological polar surface area (TPSA) is 55.9 Å². The van der Waals surface area contributed by atoms with Crippen LogP contribution in [0.1, 0.15) is 30.4 Å². The number of hydrogen-bond acceptors (Lipinski definition) is 4. The molecule has 1 saturated heterocycles. The first-order valence-corrected chi connectivity index (χ1v) is 11.7. The van der Waals surface area contributed by atoms with Crippen LogP contribution in [0.15, 0.2) is 48.5 Å². The summed E-state index contributed by atoms with van der Waals surface area (Å²) < 4.78 is 0. The molecule has 32 heavy (non-hydrogen) atoms. The molecule has 6 nitrogen and oxygen atoms in total. The van der Waals surface area contributed by atoms with Crippen LogP contribution in [0.2, 0.25) is 0 Å². The first-order chi connectivity index (χ1) is 15.5. The van der Waals surface area contributed by atoms with E-state index < -0.39 is 0 Å². The standard InChI is InChI=1S/C26H34N4O2/c1-20-7-6-8-21(2)26(20)27-24(31)19-30(23-11-12-23)14-13-25(32)29-17-15-28(16-18-29)22-9-4-3-5-10-22/h3-10,23H,11-19H2,1-2H3,(H,27,31). The van der Waals surface area contributed by atoms with Crippen LogP contribution in [0.5, 0.6) is 0 Å². The van der Waals surface area contributed by atoms with Crippen LogP contribution in [-0.4, -0.2) is 66.9 Å². The van der Waals surface area contributed by atoms with Crippen molar-refractivity contribution in [2.45, 2.75) is 39.2 Å². The number of amides is 2. The highest BCUT2D eigenvalue weighted by Crippen LogP contribution is 2.27. The molecule has 2 aliphatic rings. The molecule has 0 atom stereocenters. The van der Waals surface area contributed by atoms with Crippen molar-refractivity contribution in [1.29, 1.82) is 0 Å². The number of para-hydroxylation sites is 2. The van der Waals surface area contributed by atoms with Gasteiger partial charge in [0.15, 0.2) is 0 Å². The van der Waals surface area contributed by atoms with Gasteiger partial charge >= 0.3 is 0 Å². The Hall–Kier alpha value is -2.86. The number of benzene rings is 2. The summed E-state index contributed by atoms with van der Waals surface area (Å²) in [6, 6.07) is 16.8. The van der Waals surface area contributed by atoms with Crippen molar-refractivity contribution in [1.82, 2.24) is 9.80 Å². The highest BCUT2D eigenvalue weighted by Gasteiger charge is 2.31. The minimum absolute atomic E-state index is 0.00164. The van der Waals surface area contributed by atoms with E-state index in [-0.39, 0.29) is 11.8 Å². The Kier molecular flexibility index (Phi) is 7.10. The Balaban J connectivity index is 1.25. The third-order valence-corrected chi connectivity index (χ3v) is 6.52. The molecule has 0 unspecified atom stereocenters. The normalized spacial score (nSPS) is 16.3. The number of carbonyl (C=O) groups excluding carboxylic acids is 2. The van der Waals surface area contributed by atoms with E-state index in [1.165, 1.54) is 5.69 Å². The van der Waals surface area contributed by atoms with Crippen LogP contribution < -0.4 is 10.2 Å². The summed E-state index contributed by atoms with van der Waals surface area (Å²) in [7, 11) is 0. The Morgan fingerprint density at radius 1 is 0.938 bits per heavy atom. The number of hydrogen-bond donors (Lipinski definition) is 1. The van der Waals surface area contributed by atoms with Crippen molar-refractivity contribution < 1.29 is 9.59 Å². The lowest BCUT2D eigenvalue weighted by atomic mass is 10.1. The zero-order valence-electron chi connectivity index (χ0n) is 19.2. The van der Waals surface area contributed by atoms with E-state index >= 15 is 0 Å². The van der Waals surface area contributed by atoms with Gasteiger partial charge in [0.1, 0.15) is 0 Å². The van der Waals surface area contributed by atoms with E-state index in [0.717, 1.165) is 55.8 Å². The molecule has 2 amide bonds. The molecule has 0 radical (unpaired) electrons. The van der Waals surface area contributed by atoms with Crippen molar-refractivity contribution in [3.8, 4) is 0 Å². The number of nitrogens with one attached hydrogen (secondary N) is 1. The molecule has 1 heterocycles. The summed E-state index contributed by atoms with van der Waals surface area (Å²) in [5.41, 5.74) is 4.26. The quantitative estimate of drug-likeness (QED) is 0.692. The third kappa shape index (κ3) is 5.68. The lowest BCUT2D eigenvalue weighted by Gasteiger charge is -2.36. The zero-order valence-corrected chi connectivity index (χ0v) is 19.2. The molecule has 0 aromatic heterocycles. The molecule has 6 heteroatoms. The molecule has 0 bridgehead atoms. The molecule has 1 N–H and O–H groups in total. The molecular weight excluding hydrogens is 400 g/mol. The summed E-state index contributed by atoms with van der Waals surface area (Å²) in [6.07, 6.45) is 2.69. The summed E-state index contributed by atoms with van der Waals surface area (Å²) in [4.78, 5) is 32.0. The Morgan fingerprint density at radius 2 is 1.59 bits per heavy atom. The second-order valence-electron chi connectivity index (χ2n) is 8.97. The van der Waals surface area contributed by atoms with E-state index in [9.17, 15) is 9.59 Å². The Morgan fingerprint density at radius 3 is 2.22 bits per heavy atom. The fourth-order valence-corrected chi connectivity index (χ4v) is 4.46. The largest absolute Gasteiger partial charge is 0.368 e. The average Bonchev–Trinajstić information content (AvgIpc) is 3.65. The van der Waals surface area contributed by atoms with Crippen molar-refractivity contribution in [2.24, 2.45) is 0 Å². The van der Waals surface area contributed by atoms with Gasteiger partial charge in [0.25, 0.3) is 0 Å². The molecule has 2 aromatic rings.